The number of ether oxygens (including phenoxy) is 1. The Kier molecular flexibility index (Phi) is 5.26. The van der Waals surface area contributed by atoms with Crippen molar-refractivity contribution in [3.05, 3.63) is 0 Å². The van der Waals surface area contributed by atoms with Crippen molar-refractivity contribution in [3.8, 4) is 0 Å². The van der Waals surface area contributed by atoms with E-state index in [1.165, 1.54) is 25.7 Å². The molecule has 5 nitrogen and oxygen atoms in total. The average Bonchev–Trinajstić information content (AvgIpc) is 2.92. The topological polar surface area (TPSA) is 71.1 Å². The molecule has 2 fully saturated rings. The Morgan fingerprint density at radius 2 is 2.22 bits per heavy atom. The number of amidine groups is 1. The molecule has 2 aliphatic heterocycles. The van der Waals surface area contributed by atoms with Crippen molar-refractivity contribution in [2.75, 3.05) is 19.7 Å². The molecule has 0 aromatic rings. The first-order valence-electron chi connectivity index (χ1n) is 7.14. The standard InChI is InChI=1S/C13H25N3O2/c14-13(15-17)12-7-1-2-8-16(12)9-3-5-11-6-4-10-18-11/h11-12,17H,1-10H2,(H2,14,15). The Morgan fingerprint density at radius 3 is 2.94 bits per heavy atom. The van der Waals surface area contributed by atoms with Gasteiger partial charge >= 0.3 is 0 Å². The Bertz CT molecular complexity index is 277. The second-order valence-corrected chi connectivity index (χ2v) is 5.35. The van der Waals surface area contributed by atoms with Gasteiger partial charge in [0, 0.05) is 6.61 Å². The molecule has 0 spiro atoms. The number of nitrogens with zero attached hydrogens (tertiary/aromatic N) is 2. The molecule has 2 aliphatic rings. The van der Waals surface area contributed by atoms with E-state index in [9.17, 15) is 0 Å². The SMILES string of the molecule is NC(=NO)C1CCCCN1CCCC1CCCO1. The van der Waals surface area contributed by atoms with E-state index in [0.29, 0.717) is 11.9 Å². The van der Waals surface area contributed by atoms with Gasteiger partial charge < -0.3 is 15.7 Å². The van der Waals surface area contributed by atoms with Crippen LogP contribution in [0.4, 0.5) is 0 Å². The van der Waals surface area contributed by atoms with Crippen LogP contribution in [-0.2, 0) is 4.74 Å². The number of hydrogen-bond donors (Lipinski definition) is 2. The van der Waals surface area contributed by atoms with E-state index in [0.717, 1.165) is 39.0 Å². The molecule has 2 rings (SSSR count). The highest BCUT2D eigenvalue weighted by Crippen LogP contribution is 2.20. The van der Waals surface area contributed by atoms with Gasteiger partial charge in [0.25, 0.3) is 0 Å². The maximum absolute atomic E-state index is 8.82. The number of hydrogen-bond acceptors (Lipinski definition) is 4. The Labute approximate surface area is 109 Å². The van der Waals surface area contributed by atoms with Gasteiger partial charge in [-0.1, -0.05) is 11.6 Å². The summed E-state index contributed by atoms with van der Waals surface area (Å²) >= 11 is 0. The van der Waals surface area contributed by atoms with Crippen molar-refractivity contribution >= 4 is 5.84 Å². The zero-order valence-electron chi connectivity index (χ0n) is 11.1. The fraction of sp³-hybridized carbons (Fsp3) is 0.923. The van der Waals surface area contributed by atoms with E-state index >= 15 is 0 Å². The summed E-state index contributed by atoms with van der Waals surface area (Å²) in [5.41, 5.74) is 5.77. The third-order valence-corrected chi connectivity index (χ3v) is 4.07. The minimum Gasteiger partial charge on any atom is -0.409 e. The normalized spacial score (nSPS) is 30.8. The lowest BCUT2D eigenvalue weighted by molar-refractivity contribution is 0.0954. The third-order valence-electron chi connectivity index (χ3n) is 4.07. The number of oxime groups is 1. The second kappa shape index (κ2) is 6.95. The molecule has 0 aromatic heterocycles. The summed E-state index contributed by atoms with van der Waals surface area (Å²) in [5.74, 6) is 0.367. The molecule has 2 unspecified atom stereocenters. The van der Waals surface area contributed by atoms with E-state index in [1.807, 2.05) is 0 Å². The van der Waals surface area contributed by atoms with Gasteiger partial charge in [0.1, 0.15) is 0 Å². The molecule has 0 aliphatic carbocycles. The minimum absolute atomic E-state index is 0.133. The van der Waals surface area contributed by atoms with Crippen molar-refractivity contribution in [2.24, 2.45) is 10.9 Å². The molecule has 3 N–H and O–H groups in total. The molecule has 0 bridgehead atoms. The van der Waals surface area contributed by atoms with E-state index in [1.54, 1.807) is 0 Å². The van der Waals surface area contributed by atoms with Crippen LogP contribution >= 0.6 is 0 Å². The first-order valence-corrected chi connectivity index (χ1v) is 7.14. The molecule has 104 valence electrons. The minimum atomic E-state index is 0.133. The molecule has 0 aromatic carbocycles. The van der Waals surface area contributed by atoms with E-state index in [2.05, 4.69) is 10.1 Å². The van der Waals surface area contributed by atoms with Gasteiger partial charge in [0.15, 0.2) is 5.84 Å². The van der Waals surface area contributed by atoms with Crippen LogP contribution in [0.5, 0.6) is 0 Å². The van der Waals surface area contributed by atoms with Crippen LogP contribution < -0.4 is 5.73 Å². The van der Waals surface area contributed by atoms with E-state index in [4.69, 9.17) is 15.7 Å². The number of nitrogens with two attached hydrogens (primary N) is 1. The predicted molar refractivity (Wildman–Crippen MR) is 70.8 cm³/mol. The quantitative estimate of drug-likeness (QED) is 0.338. The van der Waals surface area contributed by atoms with Crippen molar-refractivity contribution in [3.63, 3.8) is 0 Å². The summed E-state index contributed by atoms with van der Waals surface area (Å²) in [6, 6.07) is 0.133. The van der Waals surface area contributed by atoms with Crippen LogP contribution in [0.3, 0.4) is 0 Å². The summed E-state index contributed by atoms with van der Waals surface area (Å²) in [5, 5.41) is 12.0. The van der Waals surface area contributed by atoms with Gasteiger partial charge in [0.05, 0.1) is 12.1 Å². The van der Waals surface area contributed by atoms with Gasteiger partial charge in [-0.3, -0.25) is 4.90 Å². The molecule has 5 heteroatoms. The maximum Gasteiger partial charge on any atom is 0.156 e. The zero-order valence-corrected chi connectivity index (χ0v) is 11.1. The molecular formula is C13H25N3O2. The predicted octanol–water partition coefficient (Wildman–Crippen LogP) is 1.55. The van der Waals surface area contributed by atoms with Crippen molar-refractivity contribution in [2.45, 2.75) is 57.1 Å². The fourth-order valence-corrected chi connectivity index (χ4v) is 3.05. The zero-order chi connectivity index (χ0) is 12.8. The van der Waals surface area contributed by atoms with Crippen LogP contribution in [0.25, 0.3) is 0 Å². The first-order chi connectivity index (χ1) is 8.81. The lowest BCUT2D eigenvalue weighted by Crippen LogP contribution is -2.48. The second-order valence-electron chi connectivity index (χ2n) is 5.35. The molecule has 0 saturated carbocycles. The number of rotatable bonds is 5. The third kappa shape index (κ3) is 3.59. The van der Waals surface area contributed by atoms with Gasteiger partial charge in [-0.15, -0.1) is 0 Å². The van der Waals surface area contributed by atoms with Crippen molar-refractivity contribution in [1.82, 2.24) is 4.90 Å². The first kappa shape index (κ1) is 13.6. The van der Waals surface area contributed by atoms with E-state index < -0.39 is 0 Å². The smallest absolute Gasteiger partial charge is 0.156 e. The monoisotopic (exact) mass is 255 g/mol. The van der Waals surface area contributed by atoms with Crippen LogP contribution in [0.1, 0.15) is 44.9 Å². The summed E-state index contributed by atoms with van der Waals surface area (Å²) in [7, 11) is 0. The number of likely N-dealkylation sites (tertiary alicyclic amines) is 1. The Morgan fingerprint density at radius 1 is 1.33 bits per heavy atom. The lowest BCUT2D eigenvalue weighted by Gasteiger charge is -2.34. The summed E-state index contributed by atoms with van der Waals surface area (Å²) in [4.78, 5) is 2.35. The van der Waals surface area contributed by atoms with Gasteiger partial charge in [-0.2, -0.15) is 0 Å². The van der Waals surface area contributed by atoms with Gasteiger partial charge in [0.2, 0.25) is 0 Å². The molecule has 2 heterocycles. The highest BCUT2D eigenvalue weighted by molar-refractivity contribution is 5.85. The van der Waals surface area contributed by atoms with E-state index in [-0.39, 0.29) is 6.04 Å². The fourth-order valence-electron chi connectivity index (χ4n) is 3.05. The van der Waals surface area contributed by atoms with Crippen LogP contribution in [0, 0.1) is 0 Å². The molecule has 2 atom stereocenters. The largest absolute Gasteiger partial charge is 0.409 e. The highest BCUT2D eigenvalue weighted by Gasteiger charge is 2.26. The average molecular weight is 255 g/mol. The van der Waals surface area contributed by atoms with Crippen LogP contribution in [-0.4, -0.2) is 47.8 Å². The molecule has 0 radical (unpaired) electrons. The summed E-state index contributed by atoms with van der Waals surface area (Å²) < 4.78 is 5.63. The highest BCUT2D eigenvalue weighted by atomic mass is 16.5. The molecule has 0 amide bonds. The lowest BCUT2D eigenvalue weighted by atomic mass is 10.0. The molecule has 2 saturated heterocycles. The molecular weight excluding hydrogens is 230 g/mol. The Balaban J connectivity index is 1.74. The Hall–Kier alpha value is -0.810. The van der Waals surface area contributed by atoms with Crippen molar-refractivity contribution in [1.29, 1.82) is 0 Å². The summed E-state index contributed by atoms with van der Waals surface area (Å²) in [6.07, 6.45) is 8.56. The maximum atomic E-state index is 8.82. The van der Waals surface area contributed by atoms with Crippen molar-refractivity contribution < 1.29 is 9.94 Å². The van der Waals surface area contributed by atoms with Gasteiger partial charge in [-0.05, 0) is 51.6 Å². The van der Waals surface area contributed by atoms with Gasteiger partial charge in [-0.25, -0.2) is 0 Å². The van der Waals surface area contributed by atoms with Crippen LogP contribution in [0.2, 0.25) is 0 Å². The number of piperidine rings is 1. The molecule has 18 heavy (non-hydrogen) atoms. The summed E-state index contributed by atoms with van der Waals surface area (Å²) in [6.45, 7) is 3.02. The van der Waals surface area contributed by atoms with Crippen LogP contribution in [0.15, 0.2) is 5.16 Å².